The smallest absolute Gasteiger partial charge is 0.246 e. The van der Waals surface area contributed by atoms with Crippen molar-refractivity contribution in [3.05, 3.63) is 24.0 Å². The van der Waals surface area contributed by atoms with Crippen LogP contribution in [0.3, 0.4) is 0 Å². The van der Waals surface area contributed by atoms with Gasteiger partial charge in [-0.15, -0.1) is 0 Å². The number of carbonyl (C=O) groups is 1. The number of ether oxygens (including phenoxy) is 1. The maximum Gasteiger partial charge on any atom is 0.246 e. The first-order chi connectivity index (χ1) is 12.0. The lowest BCUT2D eigenvalue weighted by Crippen LogP contribution is -2.43. The van der Waals surface area contributed by atoms with E-state index in [0.29, 0.717) is 0 Å². The quantitative estimate of drug-likeness (QED) is 0.822. The Hall–Kier alpha value is -1.55. The minimum absolute atomic E-state index is 0.185. The van der Waals surface area contributed by atoms with E-state index in [4.69, 9.17) is 4.74 Å². The van der Waals surface area contributed by atoms with E-state index in [0.717, 1.165) is 31.9 Å². The van der Waals surface area contributed by atoms with E-state index in [2.05, 4.69) is 10.6 Å². The number of amides is 1. The molecule has 0 radical (unpaired) electrons. The van der Waals surface area contributed by atoms with Crippen LogP contribution in [0.1, 0.15) is 19.3 Å². The molecule has 1 atom stereocenters. The zero-order valence-corrected chi connectivity index (χ0v) is 14.6. The monoisotopic (exact) mass is 371 g/mol. The number of halogens is 1. The Kier molecular flexibility index (Phi) is 5.67. The molecule has 0 bridgehead atoms. The Labute approximate surface area is 146 Å². The normalized spacial score (nSPS) is 22.5. The summed E-state index contributed by atoms with van der Waals surface area (Å²) in [7, 11) is -3.96. The van der Waals surface area contributed by atoms with Crippen molar-refractivity contribution in [3.63, 3.8) is 0 Å². The number of hydrogen-bond donors (Lipinski definition) is 2. The lowest BCUT2D eigenvalue weighted by atomic mass is 10.0. The molecule has 2 heterocycles. The molecule has 1 amide bonds. The van der Waals surface area contributed by atoms with Gasteiger partial charge in [-0.2, -0.15) is 4.31 Å². The van der Waals surface area contributed by atoms with Crippen LogP contribution in [0.5, 0.6) is 0 Å². The number of piperidine rings is 1. The molecular formula is C16H22FN3O4S. The maximum atomic E-state index is 14.2. The van der Waals surface area contributed by atoms with Gasteiger partial charge in [0.15, 0.2) is 0 Å². The fourth-order valence-corrected chi connectivity index (χ4v) is 4.51. The topological polar surface area (TPSA) is 87.7 Å². The van der Waals surface area contributed by atoms with Crippen LogP contribution in [0.25, 0.3) is 0 Å². The fraction of sp³-hybridized carbons (Fsp3) is 0.562. The highest BCUT2D eigenvalue weighted by atomic mass is 32.2. The molecule has 0 aliphatic carbocycles. The fourth-order valence-electron chi connectivity index (χ4n) is 3.01. The Morgan fingerprint density at radius 2 is 2.04 bits per heavy atom. The highest BCUT2D eigenvalue weighted by Crippen LogP contribution is 2.24. The number of hydrogen-bond acceptors (Lipinski definition) is 5. The minimum Gasteiger partial charge on any atom is -0.379 e. The van der Waals surface area contributed by atoms with Crippen LogP contribution < -0.4 is 10.6 Å². The molecule has 1 aromatic rings. The van der Waals surface area contributed by atoms with Crippen LogP contribution in [0.4, 0.5) is 10.1 Å². The Bertz CT molecular complexity index is 729. The first kappa shape index (κ1) is 18.2. The molecule has 0 saturated carbocycles. The second kappa shape index (κ2) is 7.77. The summed E-state index contributed by atoms with van der Waals surface area (Å²) in [5.74, 6) is -1.07. The lowest BCUT2D eigenvalue weighted by Gasteiger charge is -2.26. The van der Waals surface area contributed by atoms with Crippen molar-refractivity contribution >= 4 is 21.6 Å². The molecule has 138 valence electrons. The molecule has 2 saturated heterocycles. The molecule has 9 heteroatoms. The molecule has 1 aromatic carbocycles. The third-order valence-corrected chi connectivity index (χ3v) is 6.33. The summed E-state index contributed by atoms with van der Waals surface area (Å²) in [6.07, 6.45) is 2.72. The van der Waals surface area contributed by atoms with Gasteiger partial charge in [-0.1, -0.05) is 6.42 Å². The van der Waals surface area contributed by atoms with E-state index in [1.54, 1.807) is 0 Å². The van der Waals surface area contributed by atoms with E-state index in [9.17, 15) is 17.6 Å². The first-order valence-electron chi connectivity index (χ1n) is 8.40. The summed E-state index contributed by atoms with van der Waals surface area (Å²) in [4.78, 5) is 11.8. The summed E-state index contributed by atoms with van der Waals surface area (Å²) in [5, 5.41) is 5.80. The van der Waals surface area contributed by atoms with E-state index < -0.39 is 20.7 Å². The predicted octanol–water partition coefficient (Wildman–Crippen LogP) is 0.927. The van der Waals surface area contributed by atoms with Crippen LogP contribution in [-0.4, -0.2) is 57.5 Å². The molecule has 1 unspecified atom stereocenters. The maximum absolute atomic E-state index is 14.2. The van der Waals surface area contributed by atoms with Crippen LogP contribution >= 0.6 is 0 Å². The van der Waals surface area contributed by atoms with E-state index in [-0.39, 0.29) is 43.9 Å². The van der Waals surface area contributed by atoms with Crippen molar-refractivity contribution in [2.45, 2.75) is 30.2 Å². The largest absolute Gasteiger partial charge is 0.379 e. The summed E-state index contributed by atoms with van der Waals surface area (Å²) in [6, 6.07) is 3.31. The van der Waals surface area contributed by atoms with Crippen molar-refractivity contribution in [1.29, 1.82) is 0 Å². The number of morpholine rings is 1. The predicted molar refractivity (Wildman–Crippen MR) is 90.2 cm³/mol. The molecule has 0 spiro atoms. The number of anilines is 1. The van der Waals surface area contributed by atoms with Crippen LogP contribution in [0.2, 0.25) is 0 Å². The van der Waals surface area contributed by atoms with Gasteiger partial charge in [-0.25, -0.2) is 12.8 Å². The third kappa shape index (κ3) is 4.17. The van der Waals surface area contributed by atoms with Gasteiger partial charge in [-0.05, 0) is 37.6 Å². The second-order valence-corrected chi connectivity index (χ2v) is 8.06. The number of nitrogens with one attached hydrogen (secondary N) is 2. The van der Waals surface area contributed by atoms with E-state index >= 15 is 0 Å². The zero-order valence-electron chi connectivity index (χ0n) is 13.8. The highest BCUT2D eigenvalue weighted by Gasteiger charge is 2.29. The Morgan fingerprint density at radius 1 is 1.28 bits per heavy atom. The Morgan fingerprint density at radius 3 is 2.72 bits per heavy atom. The number of rotatable bonds is 4. The van der Waals surface area contributed by atoms with Gasteiger partial charge in [0.05, 0.1) is 19.3 Å². The van der Waals surface area contributed by atoms with Crippen molar-refractivity contribution in [3.8, 4) is 0 Å². The van der Waals surface area contributed by atoms with Gasteiger partial charge >= 0.3 is 0 Å². The SMILES string of the molecule is O=C(Nc1ccc(F)c(S(=O)(=O)N2CCOCC2)c1)C1CCCCN1. The number of benzene rings is 1. The summed E-state index contributed by atoms with van der Waals surface area (Å²) in [6.45, 7) is 1.71. The Balaban J connectivity index is 1.79. The average molecular weight is 371 g/mol. The molecule has 3 rings (SSSR count). The number of carbonyl (C=O) groups excluding carboxylic acids is 1. The molecule has 2 fully saturated rings. The third-order valence-electron chi connectivity index (χ3n) is 4.41. The standard InChI is InChI=1S/C16H22FN3O4S/c17-13-5-4-12(19-16(21)14-3-1-2-6-18-14)11-15(13)25(22,23)20-7-9-24-10-8-20/h4-5,11,14,18H,1-3,6-10H2,(H,19,21). The van der Waals surface area contributed by atoms with Crippen LogP contribution in [0.15, 0.2) is 23.1 Å². The van der Waals surface area contributed by atoms with Gasteiger partial charge in [0, 0.05) is 18.8 Å². The molecule has 2 aliphatic heterocycles. The van der Waals surface area contributed by atoms with Crippen molar-refractivity contribution in [2.24, 2.45) is 0 Å². The summed E-state index contributed by atoms with van der Waals surface area (Å²) >= 11 is 0. The molecule has 2 N–H and O–H groups in total. The van der Waals surface area contributed by atoms with Gasteiger partial charge in [0.25, 0.3) is 0 Å². The highest BCUT2D eigenvalue weighted by molar-refractivity contribution is 7.89. The van der Waals surface area contributed by atoms with E-state index in [1.807, 2.05) is 0 Å². The van der Waals surface area contributed by atoms with E-state index in [1.165, 1.54) is 16.4 Å². The van der Waals surface area contributed by atoms with Crippen LogP contribution in [-0.2, 0) is 19.6 Å². The van der Waals surface area contributed by atoms with Gasteiger partial charge < -0.3 is 15.4 Å². The van der Waals surface area contributed by atoms with Crippen molar-refractivity contribution in [2.75, 3.05) is 38.2 Å². The molecular weight excluding hydrogens is 349 g/mol. The molecule has 2 aliphatic rings. The number of nitrogens with zero attached hydrogens (tertiary/aromatic N) is 1. The minimum atomic E-state index is -3.96. The average Bonchev–Trinajstić information content (AvgIpc) is 2.64. The number of sulfonamides is 1. The van der Waals surface area contributed by atoms with Gasteiger partial charge in [-0.3, -0.25) is 4.79 Å². The summed E-state index contributed by atoms with van der Waals surface area (Å²) < 4.78 is 45.8. The zero-order chi connectivity index (χ0) is 17.9. The van der Waals surface area contributed by atoms with Crippen LogP contribution in [0, 0.1) is 5.82 Å². The molecule has 0 aromatic heterocycles. The lowest BCUT2D eigenvalue weighted by molar-refractivity contribution is -0.118. The van der Waals surface area contributed by atoms with Crippen molar-refractivity contribution in [1.82, 2.24) is 9.62 Å². The van der Waals surface area contributed by atoms with Gasteiger partial charge in [0.2, 0.25) is 15.9 Å². The van der Waals surface area contributed by atoms with Crippen molar-refractivity contribution < 1.29 is 22.3 Å². The molecule has 25 heavy (non-hydrogen) atoms. The van der Waals surface area contributed by atoms with Gasteiger partial charge in [0.1, 0.15) is 10.7 Å². The summed E-state index contributed by atoms with van der Waals surface area (Å²) in [5.41, 5.74) is 0.269. The first-order valence-corrected chi connectivity index (χ1v) is 9.84. The molecule has 7 nitrogen and oxygen atoms in total. The second-order valence-electron chi connectivity index (χ2n) is 6.15.